The van der Waals surface area contributed by atoms with Gasteiger partial charge in [0.25, 0.3) is 0 Å². The zero-order valence-corrected chi connectivity index (χ0v) is 12.9. The minimum Gasteiger partial charge on any atom is -0.432 e. The molecule has 0 saturated carbocycles. The quantitative estimate of drug-likeness (QED) is 0.629. The van der Waals surface area contributed by atoms with Gasteiger partial charge in [-0.1, -0.05) is 13.8 Å². The van der Waals surface area contributed by atoms with Crippen LogP contribution in [0.5, 0.6) is 0 Å². The third kappa shape index (κ3) is 4.05. The summed E-state index contributed by atoms with van der Waals surface area (Å²) in [4.78, 5) is 22.8. The van der Waals surface area contributed by atoms with E-state index >= 15 is 0 Å². The third-order valence-corrected chi connectivity index (χ3v) is 8.31. The molecule has 0 spiro atoms. The monoisotopic (exact) mass is 270 g/mol. The highest BCUT2D eigenvalue weighted by Crippen LogP contribution is 2.40. The molecular weight excluding hydrogens is 248 g/mol. The normalized spacial score (nSPS) is 12.8. The van der Waals surface area contributed by atoms with E-state index in [1.807, 2.05) is 25.2 Å². The molecule has 17 heavy (non-hydrogen) atoms. The molecule has 0 fully saturated rings. The maximum Gasteiger partial charge on any atom is 0.188 e. The van der Waals surface area contributed by atoms with E-state index in [-0.39, 0.29) is 5.04 Å². The largest absolute Gasteiger partial charge is 0.432 e. The number of thiophene rings is 1. The molecule has 0 unspecified atom stereocenters. The Hall–Kier alpha value is -0.453. The van der Waals surface area contributed by atoms with Crippen LogP contribution in [0.3, 0.4) is 0 Å². The molecule has 2 nitrogen and oxygen atoms in total. The Morgan fingerprint density at radius 1 is 1.41 bits per heavy atom. The van der Waals surface area contributed by atoms with Gasteiger partial charge >= 0.3 is 0 Å². The Bertz CT molecular complexity index is 377. The van der Waals surface area contributed by atoms with Crippen LogP contribution in [0.25, 0.3) is 0 Å². The Morgan fingerprint density at radius 3 is 2.53 bits per heavy atom. The minimum absolute atomic E-state index is 0.0533. The summed E-state index contributed by atoms with van der Waals surface area (Å²) in [6, 6.07) is 3.91. The van der Waals surface area contributed by atoms with E-state index in [0.29, 0.717) is 0 Å². The standard InChI is InChI=1S/C13H22O2SSi/c1-13(2,17(3,4)15)9-5-6-11-7-8-12(10-14)16-11/h7-8,10,15H,5-6,9H2,1-4H3. The average molecular weight is 270 g/mol. The van der Waals surface area contributed by atoms with Crippen LogP contribution >= 0.6 is 11.3 Å². The molecule has 1 aromatic heterocycles. The molecule has 1 heterocycles. The van der Waals surface area contributed by atoms with Crippen molar-refractivity contribution in [1.29, 1.82) is 0 Å². The lowest BCUT2D eigenvalue weighted by molar-refractivity contribution is 0.112. The van der Waals surface area contributed by atoms with Crippen LogP contribution in [0.15, 0.2) is 12.1 Å². The van der Waals surface area contributed by atoms with Gasteiger partial charge < -0.3 is 4.80 Å². The second kappa shape index (κ2) is 5.46. The lowest BCUT2D eigenvalue weighted by atomic mass is 10.0. The van der Waals surface area contributed by atoms with Crippen molar-refractivity contribution >= 4 is 25.9 Å². The van der Waals surface area contributed by atoms with E-state index in [9.17, 15) is 9.59 Å². The van der Waals surface area contributed by atoms with Crippen LogP contribution in [-0.2, 0) is 6.42 Å². The van der Waals surface area contributed by atoms with Crippen molar-refractivity contribution in [2.75, 3.05) is 0 Å². The van der Waals surface area contributed by atoms with Gasteiger partial charge in [-0.25, -0.2) is 0 Å². The Balaban J connectivity index is 2.45. The summed E-state index contributed by atoms with van der Waals surface area (Å²) in [6.07, 6.45) is 4.02. The summed E-state index contributed by atoms with van der Waals surface area (Å²) in [6.45, 7) is 8.32. The first-order valence-electron chi connectivity index (χ1n) is 6.02. The fourth-order valence-electron chi connectivity index (χ4n) is 1.60. The van der Waals surface area contributed by atoms with Gasteiger partial charge in [0, 0.05) is 4.88 Å². The van der Waals surface area contributed by atoms with Gasteiger partial charge in [0.15, 0.2) is 14.6 Å². The van der Waals surface area contributed by atoms with Crippen molar-refractivity contribution in [1.82, 2.24) is 0 Å². The molecule has 0 aliphatic rings. The molecule has 0 saturated heterocycles. The summed E-state index contributed by atoms with van der Waals surface area (Å²) < 4.78 is 0. The fourth-order valence-corrected chi connectivity index (χ4v) is 3.26. The van der Waals surface area contributed by atoms with E-state index in [0.717, 1.165) is 30.4 Å². The summed E-state index contributed by atoms with van der Waals surface area (Å²) in [5.41, 5.74) is 0. The van der Waals surface area contributed by atoms with Crippen LogP contribution in [0.1, 0.15) is 41.2 Å². The molecule has 96 valence electrons. The smallest absolute Gasteiger partial charge is 0.188 e. The zero-order valence-electron chi connectivity index (χ0n) is 11.1. The number of aryl methyl sites for hydroxylation is 1. The van der Waals surface area contributed by atoms with Crippen molar-refractivity contribution in [3.05, 3.63) is 21.9 Å². The van der Waals surface area contributed by atoms with Crippen LogP contribution < -0.4 is 0 Å². The highest BCUT2D eigenvalue weighted by Gasteiger charge is 2.37. The van der Waals surface area contributed by atoms with Gasteiger partial charge in [-0.05, 0) is 49.5 Å². The fraction of sp³-hybridized carbons (Fsp3) is 0.615. The topological polar surface area (TPSA) is 37.3 Å². The van der Waals surface area contributed by atoms with Crippen molar-refractivity contribution in [2.45, 2.75) is 51.2 Å². The van der Waals surface area contributed by atoms with Crippen molar-refractivity contribution in [2.24, 2.45) is 0 Å². The number of carbonyl (C=O) groups excluding carboxylic acids is 1. The van der Waals surface area contributed by atoms with Crippen LogP contribution in [0.2, 0.25) is 18.1 Å². The molecule has 0 aromatic carbocycles. The molecule has 1 rings (SSSR count). The lowest BCUT2D eigenvalue weighted by Crippen LogP contribution is -2.38. The average Bonchev–Trinajstić information content (AvgIpc) is 2.63. The number of rotatable bonds is 6. The zero-order chi connectivity index (χ0) is 13.1. The summed E-state index contributed by atoms with van der Waals surface area (Å²) in [7, 11) is -2.08. The minimum atomic E-state index is -2.08. The molecule has 1 N–H and O–H groups in total. The molecule has 0 aliphatic carbocycles. The predicted octanol–water partition coefficient (Wildman–Crippen LogP) is 3.86. The highest BCUT2D eigenvalue weighted by molar-refractivity contribution is 7.13. The Labute approximate surface area is 109 Å². The first-order chi connectivity index (χ1) is 7.76. The maximum absolute atomic E-state index is 10.6. The third-order valence-electron chi connectivity index (χ3n) is 3.68. The Morgan fingerprint density at radius 2 is 2.06 bits per heavy atom. The summed E-state index contributed by atoms with van der Waals surface area (Å²) >= 11 is 1.57. The van der Waals surface area contributed by atoms with Crippen LogP contribution in [0, 0.1) is 0 Å². The van der Waals surface area contributed by atoms with Gasteiger partial charge in [0.2, 0.25) is 0 Å². The van der Waals surface area contributed by atoms with Crippen molar-refractivity contribution < 1.29 is 9.59 Å². The number of hydrogen-bond acceptors (Lipinski definition) is 3. The van der Waals surface area contributed by atoms with Crippen molar-refractivity contribution in [3.8, 4) is 0 Å². The predicted molar refractivity (Wildman–Crippen MR) is 76.4 cm³/mol. The highest BCUT2D eigenvalue weighted by atomic mass is 32.1. The van der Waals surface area contributed by atoms with Crippen LogP contribution in [0.4, 0.5) is 0 Å². The molecule has 4 heteroatoms. The first-order valence-corrected chi connectivity index (χ1v) is 9.79. The molecule has 0 aliphatic heterocycles. The van der Waals surface area contributed by atoms with Gasteiger partial charge in [-0.2, -0.15) is 0 Å². The second-order valence-electron chi connectivity index (χ2n) is 5.72. The number of hydrogen-bond donors (Lipinski definition) is 1. The second-order valence-corrected chi connectivity index (χ2v) is 11.4. The lowest BCUT2D eigenvalue weighted by Gasteiger charge is -2.35. The first kappa shape index (κ1) is 14.6. The van der Waals surface area contributed by atoms with Gasteiger partial charge in [-0.3, -0.25) is 4.79 Å². The van der Waals surface area contributed by atoms with E-state index in [4.69, 9.17) is 0 Å². The van der Waals surface area contributed by atoms with Gasteiger partial charge in [-0.15, -0.1) is 11.3 Å². The molecule has 0 bridgehead atoms. The summed E-state index contributed by atoms with van der Waals surface area (Å²) in [5, 5.41) is 0.0533. The van der Waals surface area contributed by atoms with E-state index in [2.05, 4.69) is 13.8 Å². The molecule has 1 aromatic rings. The number of aldehydes is 1. The molecular formula is C13H22O2SSi. The number of carbonyl (C=O) groups is 1. The Kier molecular flexibility index (Phi) is 4.69. The molecule has 0 atom stereocenters. The van der Waals surface area contributed by atoms with E-state index in [1.54, 1.807) is 11.3 Å². The van der Waals surface area contributed by atoms with Gasteiger partial charge in [0.1, 0.15) is 0 Å². The maximum atomic E-state index is 10.6. The van der Waals surface area contributed by atoms with Crippen LogP contribution in [-0.4, -0.2) is 19.4 Å². The SMILES string of the molecule is CC(C)(CCCc1ccc(C=O)s1)[Si](C)(C)O. The van der Waals surface area contributed by atoms with E-state index in [1.165, 1.54) is 4.88 Å². The molecule has 0 radical (unpaired) electrons. The van der Waals surface area contributed by atoms with E-state index < -0.39 is 8.32 Å². The summed E-state index contributed by atoms with van der Waals surface area (Å²) in [5.74, 6) is 0. The van der Waals surface area contributed by atoms with Crippen molar-refractivity contribution in [3.63, 3.8) is 0 Å². The molecule has 0 amide bonds. The van der Waals surface area contributed by atoms with Gasteiger partial charge in [0.05, 0.1) is 4.88 Å².